The van der Waals surface area contributed by atoms with Crippen LogP contribution in [0.4, 0.5) is 5.69 Å². The fourth-order valence-corrected chi connectivity index (χ4v) is 2.40. The summed E-state index contributed by atoms with van der Waals surface area (Å²) in [5, 5.41) is 4.47. The zero-order chi connectivity index (χ0) is 17.6. The Morgan fingerprint density at radius 2 is 1.92 bits per heavy atom. The van der Waals surface area contributed by atoms with E-state index < -0.39 is 0 Å². The molecule has 5 nitrogen and oxygen atoms in total. The Kier molecular flexibility index (Phi) is 4.85. The lowest BCUT2D eigenvalue weighted by atomic mass is 10.2. The molecule has 0 amide bonds. The van der Waals surface area contributed by atoms with Crippen LogP contribution in [0.15, 0.2) is 88.9 Å². The molecule has 0 fully saturated rings. The zero-order valence-corrected chi connectivity index (χ0v) is 13.8. The third-order valence-corrected chi connectivity index (χ3v) is 3.58. The van der Waals surface area contributed by atoms with Crippen molar-refractivity contribution in [1.82, 2.24) is 9.78 Å². The van der Waals surface area contributed by atoms with Crippen molar-refractivity contribution < 1.29 is 0 Å². The number of nitrogens with two attached hydrogens (primary N) is 1. The number of aliphatic imine (C=N–C) groups is 1. The summed E-state index contributed by atoms with van der Waals surface area (Å²) in [5.41, 5.74) is 8.70. The summed E-state index contributed by atoms with van der Waals surface area (Å²) in [6.45, 7) is 2.01. The Labute approximate surface area is 145 Å². The molecule has 1 aromatic heterocycles. The minimum Gasteiger partial charge on any atom is -0.405 e. The molecule has 5 heteroatoms. The highest BCUT2D eigenvalue weighted by molar-refractivity contribution is 6.08. The summed E-state index contributed by atoms with van der Waals surface area (Å²) in [6.07, 6.45) is 4.58. The van der Waals surface area contributed by atoms with E-state index in [0.29, 0.717) is 5.71 Å². The number of hydrogen-bond donors (Lipinski definition) is 1. The Balaban J connectivity index is 2.12. The van der Waals surface area contributed by atoms with Crippen LogP contribution in [0.1, 0.15) is 11.3 Å². The molecule has 0 aliphatic heterocycles. The lowest BCUT2D eigenvalue weighted by molar-refractivity contribution is 0.828. The van der Waals surface area contributed by atoms with Crippen LogP contribution < -0.4 is 11.2 Å². The minimum atomic E-state index is -0.211. The van der Waals surface area contributed by atoms with E-state index in [1.807, 2.05) is 61.5 Å². The summed E-state index contributed by atoms with van der Waals surface area (Å²) in [6, 6.07) is 18.7. The molecule has 0 atom stereocenters. The number of nitrogens with zero attached hydrogens (tertiary/aromatic N) is 3. The van der Waals surface area contributed by atoms with Gasteiger partial charge in [-0.25, -0.2) is 9.67 Å². The van der Waals surface area contributed by atoms with Crippen LogP contribution in [-0.2, 0) is 0 Å². The minimum absolute atomic E-state index is 0.211. The Bertz CT molecular complexity index is 988. The third kappa shape index (κ3) is 3.90. The van der Waals surface area contributed by atoms with Gasteiger partial charge in [-0.3, -0.25) is 4.79 Å². The Morgan fingerprint density at radius 3 is 2.64 bits per heavy atom. The number of aromatic nitrogens is 2. The highest BCUT2D eigenvalue weighted by Crippen LogP contribution is 2.13. The van der Waals surface area contributed by atoms with Gasteiger partial charge < -0.3 is 5.73 Å². The van der Waals surface area contributed by atoms with Crippen LogP contribution >= 0.6 is 0 Å². The molecule has 2 N–H and O–H groups in total. The smallest absolute Gasteiger partial charge is 0.209 e. The van der Waals surface area contributed by atoms with Gasteiger partial charge in [0.15, 0.2) is 5.69 Å². The zero-order valence-electron chi connectivity index (χ0n) is 13.8. The van der Waals surface area contributed by atoms with Crippen molar-refractivity contribution in [3.05, 3.63) is 101 Å². The van der Waals surface area contributed by atoms with Crippen molar-refractivity contribution in [1.29, 1.82) is 0 Å². The molecule has 124 valence electrons. The lowest BCUT2D eigenvalue weighted by Crippen LogP contribution is -2.20. The molecule has 0 aliphatic rings. The predicted molar refractivity (Wildman–Crippen MR) is 101 cm³/mol. The first-order valence-corrected chi connectivity index (χ1v) is 7.87. The van der Waals surface area contributed by atoms with Crippen LogP contribution in [0.2, 0.25) is 0 Å². The predicted octanol–water partition coefficient (Wildman–Crippen LogP) is 3.13. The fourth-order valence-electron chi connectivity index (χ4n) is 2.40. The van der Waals surface area contributed by atoms with Crippen LogP contribution in [0.5, 0.6) is 0 Å². The second-order valence-electron chi connectivity index (χ2n) is 5.50. The number of hydrogen-bond acceptors (Lipinski definition) is 4. The summed E-state index contributed by atoms with van der Waals surface area (Å²) < 4.78 is 1.66. The van der Waals surface area contributed by atoms with Crippen molar-refractivity contribution in [2.24, 2.45) is 10.7 Å². The molecule has 0 bridgehead atoms. The van der Waals surface area contributed by atoms with Gasteiger partial charge in [0.1, 0.15) is 0 Å². The number of allylic oxidation sites excluding steroid dienone is 1. The van der Waals surface area contributed by atoms with Crippen LogP contribution in [0.25, 0.3) is 5.69 Å². The summed E-state index contributed by atoms with van der Waals surface area (Å²) >= 11 is 0. The number of benzene rings is 2. The van der Waals surface area contributed by atoms with Gasteiger partial charge in [-0.05, 0) is 49.0 Å². The lowest BCUT2D eigenvalue weighted by Gasteiger charge is -2.08. The molecule has 0 aliphatic carbocycles. The van der Waals surface area contributed by atoms with Crippen molar-refractivity contribution in [3.63, 3.8) is 0 Å². The normalized spacial score (nSPS) is 11.8. The first-order valence-electron chi connectivity index (χ1n) is 7.87. The monoisotopic (exact) mass is 330 g/mol. The number of rotatable bonds is 4. The summed E-state index contributed by atoms with van der Waals surface area (Å²) in [4.78, 5) is 16.9. The van der Waals surface area contributed by atoms with Crippen molar-refractivity contribution in [2.45, 2.75) is 6.92 Å². The molecule has 0 spiro atoms. The SMILES string of the molecule is Cc1cccc(-n2ccc(=O)c(C(C=CN)=Nc3ccccc3)n2)c1. The van der Waals surface area contributed by atoms with Gasteiger partial charge in [0, 0.05) is 12.3 Å². The molecular weight excluding hydrogens is 312 g/mol. The molecule has 0 saturated carbocycles. The highest BCUT2D eigenvalue weighted by atomic mass is 16.1. The number of aryl methyl sites for hydroxylation is 1. The van der Waals surface area contributed by atoms with Gasteiger partial charge >= 0.3 is 0 Å². The van der Waals surface area contributed by atoms with E-state index in [1.54, 1.807) is 17.0 Å². The van der Waals surface area contributed by atoms with Crippen LogP contribution in [-0.4, -0.2) is 15.5 Å². The maximum atomic E-state index is 12.3. The molecule has 0 unspecified atom stereocenters. The molecule has 3 aromatic rings. The molecule has 3 rings (SSSR count). The fraction of sp³-hybridized carbons (Fsp3) is 0.0500. The first-order chi connectivity index (χ1) is 12.2. The van der Waals surface area contributed by atoms with Gasteiger partial charge in [0.25, 0.3) is 0 Å². The van der Waals surface area contributed by atoms with E-state index in [9.17, 15) is 4.79 Å². The first kappa shape index (κ1) is 16.4. The Hall–Kier alpha value is -3.47. The van der Waals surface area contributed by atoms with E-state index in [4.69, 9.17) is 5.73 Å². The van der Waals surface area contributed by atoms with E-state index in [2.05, 4.69) is 10.1 Å². The van der Waals surface area contributed by atoms with Crippen LogP contribution in [0.3, 0.4) is 0 Å². The number of para-hydroxylation sites is 1. The average molecular weight is 330 g/mol. The van der Waals surface area contributed by atoms with Gasteiger partial charge in [-0.15, -0.1) is 0 Å². The second kappa shape index (κ2) is 7.40. The quantitative estimate of drug-likeness (QED) is 0.747. The van der Waals surface area contributed by atoms with Crippen LogP contribution in [0, 0.1) is 6.92 Å². The van der Waals surface area contributed by atoms with Gasteiger partial charge in [0.2, 0.25) is 5.43 Å². The highest BCUT2D eigenvalue weighted by Gasteiger charge is 2.10. The molecule has 25 heavy (non-hydrogen) atoms. The van der Waals surface area contributed by atoms with Crippen molar-refractivity contribution in [2.75, 3.05) is 0 Å². The summed E-state index contributed by atoms with van der Waals surface area (Å²) in [7, 11) is 0. The molecular formula is C20H18N4O. The largest absolute Gasteiger partial charge is 0.405 e. The standard InChI is InChI=1S/C20H18N4O/c1-15-6-5-9-17(14-15)24-13-11-19(25)20(23-24)18(10-12-21)22-16-7-3-2-4-8-16/h2-14H,21H2,1H3. The molecule has 0 radical (unpaired) electrons. The van der Waals surface area contributed by atoms with Crippen molar-refractivity contribution >= 4 is 11.4 Å². The summed E-state index contributed by atoms with van der Waals surface area (Å²) in [5.74, 6) is 0. The molecule has 0 saturated heterocycles. The average Bonchev–Trinajstić information content (AvgIpc) is 2.63. The second-order valence-corrected chi connectivity index (χ2v) is 5.50. The molecule has 2 aromatic carbocycles. The van der Waals surface area contributed by atoms with Crippen molar-refractivity contribution in [3.8, 4) is 5.69 Å². The van der Waals surface area contributed by atoms with E-state index in [-0.39, 0.29) is 11.1 Å². The van der Waals surface area contributed by atoms with Gasteiger partial charge in [-0.2, -0.15) is 5.10 Å². The molecule has 1 heterocycles. The topological polar surface area (TPSA) is 73.3 Å². The van der Waals surface area contributed by atoms with Gasteiger partial charge in [0.05, 0.1) is 17.1 Å². The Morgan fingerprint density at radius 1 is 1.12 bits per heavy atom. The maximum Gasteiger partial charge on any atom is 0.209 e. The third-order valence-electron chi connectivity index (χ3n) is 3.58. The van der Waals surface area contributed by atoms with E-state index in [1.165, 1.54) is 12.3 Å². The maximum absolute atomic E-state index is 12.3. The van der Waals surface area contributed by atoms with E-state index >= 15 is 0 Å². The van der Waals surface area contributed by atoms with E-state index in [0.717, 1.165) is 16.9 Å². The van der Waals surface area contributed by atoms with Gasteiger partial charge in [-0.1, -0.05) is 30.3 Å².